The largest absolute Gasteiger partial charge is 0.481 e. The number of fused-ring (bicyclic) bond motifs is 1. The number of nitrogens with zero attached hydrogens (tertiary/aromatic N) is 5. The number of thiazole rings is 1. The van der Waals surface area contributed by atoms with Crippen LogP contribution in [0.1, 0.15) is 42.3 Å². The molecule has 0 radical (unpaired) electrons. The number of rotatable bonds is 7. The zero-order valence-corrected chi connectivity index (χ0v) is 25.1. The third kappa shape index (κ3) is 5.85. The minimum atomic E-state index is -0.846. The average molecular weight is 631 g/mol. The topological polar surface area (TPSA) is 128 Å². The van der Waals surface area contributed by atoms with Gasteiger partial charge in [0.15, 0.2) is 10.8 Å². The highest BCUT2D eigenvalue weighted by atomic mass is 35.5. The third-order valence-corrected chi connectivity index (χ3v) is 9.86. The van der Waals surface area contributed by atoms with Gasteiger partial charge < -0.3 is 25.0 Å². The monoisotopic (exact) mass is 630 g/mol. The summed E-state index contributed by atoms with van der Waals surface area (Å²) >= 11 is 7.86. The number of methoxy groups -OCH3 is 1. The molecule has 2 amide bonds. The maximum atomic E-state index is 13.9. The van der Waals surface area contributed by atoms with Crippen molar-refractivity contribution >= 4 is 46.7 Å². The van der Waals surface area contributed by atoms with Gasteiger partial charge in [0.1, 0.15) is 11.9 Å². The van der Waals surface area contributed by atoms with Crippen molar-refractivity contribution in [3.05, 3.63) is 62.5 Å². The van der Waals surface area contributed by atoms with Gasteiger partial charge >= 0.3 is 18.0 Å². The fourth-order valence-corrected chi connectivity index (χ4v) is 7.43. The maximum Gasteiger partial charge on any atom is 0.338 e. The molecule has 3 fully saturated rings. The van der Waals surface area contributed by atoms with Crippen LogP contribution in [0.5, 0.6) is 0 Å². The first-order valence-corrected chi connectivity index (χ1v) is 15.5. The van der Waals surface area contributed by atoms with Crippen LogP contribution in [0.4, 0.5) is 9.18 Å². The number of esters is 1. The number of aromatic nitrogens is 1. The Labute approximate surface area is 257 Å². The number of urea groups is 1. The number of amides is 2. The number of aliphatic imine (C=N–C) groups is 1. The number of halogens is 2. The lowest BCUT2D eigenvalue weighted by Gasteiger charge is -2.38. The minimum Gasteiger partial charge on any atom is -0.481 e. The molecule has 0 spiro atoms. The lowest BCUT2D eigenvalue weighted by Crippen LogP contribution is -2.53. The molecule has 1 aliphatic carbocycles. The molecule has 2 N–H and O–H groups in total. The van der Waals surface area contributed by atoms with E-state index in [1.165, 1.54) is 36.6 Å². The second-order valence-corrected chi connectivity index (χ2v) is 12.6. The zero-order valence-electron chi connectivity index (χ0n) is 23.5. The number of benzene rings is 1. The van der Waals surface area contributed by atoms with Crippen LogP contribution in [-0.2, 0) is 14.3 Å². The van der Waals surface area contributed by atoms with Crippen molar-refractivity contribution in [3.8, 4) is 0 Å². The molecule has 0 bridgehead atoms. The molecule has 3 aliphatic heterocycles. The number of amidine groups is 1. The summed E-state index contributed by atoms with van der Waals surface area (Å²) in [5, 5.41) is 15.3. The number of piperazine rings is 1. The summed E-state index contributed by atoms with van der Waals surface area (Å²) in [6.45, 7) is 2.65. The molecule has 1 saturated carbocycles. The zero-order chi connectivity index (χ0) is 30.2. The SMILES string of the molecule is COC(=O)C1=C(CN2CCN3C(=O)N([C@H]4CC[C@H](C(=O)O)CC4)C[C@@H]3C2)NC(c2nccs2)=N[C@H]1c1ccc(F)cc1Cl. The smallest absolute Gasteiger partial charge is 0.338 e. The maximum absolute atomic E-state index is 13.9. The third-order valence-electron chi connectivity index (χ3n) is 8.76. The predicted octanol–water partition coefficient (Wildman–Crippen LogP) is 3.52. The molecule has 0 unspecified atom stereocenters. The van der Waals surface area contributed by atoms with Gasteiger partial charge in [0.25, 0.3) is 0 Å². The molecule has 6 rings (SSSR count). The molecule has 14 heteroatoms. The summed E-state index contributed by atoms with van der Waals surface area (Å²) in [6.07, 6.45) is 4.22. The first-order chi connectivity index (χ1) is 20.7. The molecule has 11 nitrogen and oxygen atoms in total. The van der Waals surface area contributed by atoms with Crippen LogP contribution in [0.3, 0.4) is 0 Å². The lowest BCUT2D eigenvalue weighted by atomic mass is 9.85. The molecule has 2 atom stereocenters. The molecule has 1 aromatic carbocycles. The number of aliphatic carboxylic acids is 1. The number of carboxylic acid groups (broad SMARTS) is 1. The minimum absolute atomic E-state index is 0.0119. The number of ether oxygens (including phenoxy) is 1. The average Bonchev–Trinajstić information content (AvgIpc) is 3.65. The molecular weight excluding hydrogens is 599 g/mol. The van der Waals surface area contributed by atoms with Crippen molar-refractivity contribution < 1.29 is 28.6 Å². The van der Waals surface area contributed by atoms with Crippen molar-refractivity contribution in [2.45, 2.75) is 43.8 Å². The molecular formula is C29H32ClFN6O5S. The number of hydrogen-bond donors (Lipinski definition) is 2. The van der Waals surface area contributed by atoms with Crippen LogP contribution in [0.15, 0.2) is 46.0 Å². The number of carbonyl (C=O) groups is 3. The summed E-state index contributed by atoms with van der Waals surface area (Å²) in [5.74, 6) is -1.70. The van der Waals surface area contributed by atoms with E-state index >= 15 is 0 Å². The Balaban J connectivity index is 1.24. The Hall–Kier alpha value is -3.55. The van der Waals surface area contributed by atoms with Gasteiger partial charge in [-0.1, -0.05) is 17.7 Å². The Bertz CT molecular complexity index is 1480. The molecule has 228 valence electrons. The Morgan fingerprint density at radius 1 is 1.16 bits per heavy atom. The quantitative estimate of drug-likeness (QED) is 0.445. The molecule has 4 heterocycles. The van der Waals surface area contributed by atoms with Crippen LogP contribution >= 0.6 is 22.9 Å². The van der Waals surface area contributed by atoms with Crippen molar-refractivity contribution in [1.82, 2.24) is 25.0 Å². The van der Waals surface area contributed by atoms with Gasteiger partial charge in [-0.2, -0.15) is 0 Å². The molecule has 43 heavy (non-hydrogen) atoms. The Morgan fingerprint density at radius 3 is 2.63 bits per heavy atom. The first-order valence-electron chi connectivity index (χ1n) is 14.3. The van der Waals surface area contributed by atoms with E-state index in [9.17, 15) is 23.9 Å². The van der Waals surface area contributed by atoms with Crippen molar-refractivity contribution in [1.29, 1.82) is 0 Å². The van der Waals surface area contributed by atoms with Gasteiger partial charge in [-0.05, 0) is 37.8 Å². The van der Waals surface area contributed by atoms with Crippen LogP contribution < -0.4 is 5.32 Å². The van der Waals surface area contributed by atoms with Gasteiger partial charge in [0.2, 0.25) is 0 Å². The van der Waals surface area contributed by atoms with E-state index in [1.807, 2.05) is 15.2 Å². The normalized spacial score (nSPS) is 26.2. The van der Waals surface area contributed by atoms with Gasteiger partial charge in [0, 0.05) is 66.6 Å². The van der Waals surface area contributed by atoms with Gasteiger partial charge in [-0.3, -0.25) is 14.7 Å². The van der Waals surface area contributed by atoms with E-state index in [-0.39, 0.29) is 34.6 Å². The van der Waals surface area contributed by atoms with Crippen LogP contribution in [0, 0.1) is 11.7 Å². The highest BCUT2D eigenvalue weighted by Crippen LogP contribution is 2.37. The first kappa shape index (κ1) is 29.5. The highest BCUT2D eigenvalue weighted by Gasteiger charge is 2.45. The van der Waals surface area contributed by atoms with E-state index in [1.54, 1.807) is 6.20 Å². The molecule has 4 aliphatic rings. The fourth-order valence-electron chi connectivity index (χ4n) is 6.57. The van der Waals surface area contributed by atoms with Crippen molar-refractivity contribution in [2.75, 3.05) is 39.8 Å². The van der Waals surface area contributed by atoms with Gasteiger partial charge in [-0.15, -0.1) is 11.3 Å². The van der Waals surface area contributed by atoms with E-state index in [0.29, 0.717) is 80.5 Å². The summed E-state index contributed by atoms with van der Waals surface area (Å²) in [4.78, 5) is 53.2. The summed E-state index contributed by atoms with van der Waals surface area (Å²) in [5.41, 5.74) is 1.33. The Kier molecular flexibility index (Phi) is 8.38. The lowest BCUT2D eigenvalue weighted by molar-refractivity contribution is -0.143. The highest BCUT2D eigenvalue weighted by molar-refractivity contribution is 7.11. The van der Waals surface area contributed by atoms with E-state index in [2.05, 4.69) is 15.2 Å². The summed E-state index contributed by atoms with van der Waals surface area (Å²) in [7, 11) is 1.30. The molecule has 2 saturated heterocycles. The van der Waals surface area contributed by atoms with Gasteiger partial charge in [-0.25, -0.2) is 19.0 Å². The predicted molar refractivity (Wildman–Crippen MR) is 157 cm³/mol. The number of carboxylic acids is 1. The number of carbonyl (C=O) groups excluding carboxylic acids is 2. The van der Waals surface area contributed by atoms with Crippen molar-refractivity contribution in [2.24, 2.45) is 10.9 Å². The number of nitrogens with one attached hydrogen (secondary N) is 1. The van der Waals surface area contributed by atoms with Crippen LogP contribution in [-0.4, -0.2) is 101 Å². The molecule has 1 aromatic heterocycles. The standard InChI is InChI=1S/C29H32ClFN6O5S/c1-42-28(40)23-22(33-25(26-32-8-11-43-26)34-24(23)20-7-4-17(31)12-21(20)30)15-35-9-10-36-19(13-35)14-37(29(36)41)18-5-2-16(3-6-18)27(38)39/h4,7-8,11-12,16,18-19,24H,2-3,5-6,9-10,13-15H2,1H3,(H,33,34)(H,38,39)/t16-,18-,19-,24-/m0/s1. The fraction of sp³-hybridized carbons (Fsp3) is 0.483. The van der Waals surface area contributed by atoms with E-state index in [4.69, 9.17) is 21.3 Å². The van der Waals surface area contributed by atoms with E-state index < -0.39 is 23.8 Å². The summed E-state index contributed by atoms with van der Waals surface area (Å²) in [6, 6.07) is 3.19. The second-order valence-electron chi connectivity index (χ2n) is 11.3. The van der Waals surface area contributed by atoms with E-state index in [0.717, 1.165) is 0 Å². The van der Waals surface area contributed by atoms with Crippen LogP contribution in [0.25, 0.3) is 0 Å². The second kappa shape index (κ2) is 12.2. The summed E-state index contributed by atoms with van der Waals surface area (Å²) < 4.78 is 19.1. The Morgan fingerprint density at radius 2 is 1.95 bits per heavy atom. The van der Waals surface area contributed by atoms with Crippen LogP contribution in [0.2, 0.25) is 5.02 Å². The van der Waals surface area contributed by atoms with Gasteiger partial charge in [0.05, 0.1) is 24.6 Å². The number of hydrogen-bond acceptors (Lipinski definition) is 9. The molecule has 2 aromatic rings. The van der Waals surface area contributed by atoms with Crippen molar-refractivity contribution in [3.63, 3.8) is 0 Å².